The Hall–Kier alpha value is -1.63. The van der Waals surface area contributed by atoms with E-state index in [0.717, 1.165) is 4.31 Å². The molecule has 7 heteroatoms. The van der Waals surface area contributed by atoms with Gasteiger partial charge in [0.2, 0.25) is 10.0 Å². The maximum Gasteiger partial charge on any atom is 0.322 e. The van der Waals surface area contributed by atoms with Crippen LogP contribution in [0, 0.1) is 0 Å². The molecule has 5 nitrogen and oxygen atoms in total. The molecule has 1 fully saturated rings. The molecular formula is C15H14ClNO4S. The Morgan fingerprint density at radius 3 is 2.55 bits per heavy atom. The normalized spacial score (nSPS) is 19.6. The van der Waals surface area contributed by atoms with Gasteiger partial charge < -0.3 is 5.11 Å². The second-order valence-corrected chi connectivity index (χ2v) is 7.47. The van der Waals surface area contributed by atoms with Gasteiger partial charge in [-0.3, -0.25) is 4.79 Å². The van der Waals surface area contributed by atoms with Gasteiger partial charge in [0, 0.05) is 22.3 Å². The number of hydrogen-bond donors (Lipinski definition) is 1. The van der Waals surface area contributed by atoms with Crippen LogP contribution >= 0.6 is 11.6 Å². The molecular weight excluding hydrogens is 326 g/mol. The summed E-state index contributed by atoms with van der Waals surface area (Å²) in [6, 6.07) is 8.91. The van der Waals surface area contributed by atoms with Gasteiger partial charge in [-0.2, -0.15) is 4.31 Å². The summed E-state index contributed by atoms with van der Waals surface area (Å²) in [7, 11) is -3.88. The van der Waals surface area contributed by atoms with E-state index in [4.69, 9.17) is 11.6 Å². The van der Waals surface area contributed by atoms with Crippen molar-refractivity contribution < 1.29 is 18.3 Å². The molecule has 0 unspecified atom stereocenters. The summed E-state index contributed by atoms with van der Waals surface area (Å²) >= 11 is 6.12. The van der Waals surface area contributed by atoms with E-state index < -0.39 is 22.0 Å². The predicted octanol–water partition coefficient (Wildman–Crippen LogP) is 2.73. The van der Waals surface area contributed by atoms with Gasteiger partial charge in [0.05, 0.1) is 4.90 Å². The maximum absolute atomic E-state index is 12.9. The van der Waals surface area contributed by atoms with Crippen molar-refractivity contribution in [2.24, 2.45) is 0 Å². The summed E-state index contributed by atoms with van der Waals surface area (Å²) in [6.07, 6.45) is 0.877. The molecule has 22 heavy (non-hydrogen) atoms. The number of carboxylic acids is 1. The fraction of sp³-hybridized carbons (Fsp3) is 0.267. The van der Waals surface area contributed by atoms with Gasteiger partial charge >= 0.3 is 5.97 Å². The molecule has 0 amide bonds. The third-order valence-corrected chi connectivity index (χ3v) is 6.20. The van der Waals surface area contributed by atoms with Crippen LogP contribution < -0.4 is 0 Å². The van der Waals surface area contributed by atoms with E-state index in [0.29, 0.717) is 28.6 Å². The average molecular weight is 340 g/mol. The third-order valence-electron chi connectivity index (χ3n) is 3.91. The van der Waals surface area contributed by atoms with Crippen molar-refractivity contribution in [1.82, 2.24) is 4.31 Å². The van der Waals surface area contributed by atoms with E-state index in [-0.39, 0.29) is 11.4 Å². The van der Waals surface area contributed by atoms with Crippen molar-refractivity contribution in [3.05, 3.63) is 41.4 Å². The van der Waals surface area contributed by atoms with Crippen LogP contribution in [0.4, 0.5) is 0 Å². The number of rotatable bonds is 3. The largest absolute Gasteiger partial charge is 0.480 e. The Labute approximate surface area is 133 Å². The average Bonchev–Trinajstić information content (AvgIpc) is 2.98. The number of carbonyl (C=O) groups is 1. The van der Waals surface area contributed by atoms with E-state index in [2.05, 4.69) is 0 Å². The predicted molar refractivity (Wildman–Crippen MR) is 83.5 cm³/mol. The van der Waals surface area contributed by atoms with Gasteiger partial charge in [0.25, 0.3) is 0 Å². The molecule has 0 bridgehead atoms. The van der Waals surface area contributed by atoms with E-state index >= 15 is 0 Å². The Balaban J connectivity index is 2.18. The molecule has 3 rings (SSSR count). The Bertz CT molecular complexity index is 850. The topological polar surface area (TPSA) is 74.7 Å². The molecule has 1 atom stereocenters. The lowest BCUT2D eigenvalue weighted by Gasteiger charge is -2.22. The van der Waals surface area contributed by atoms with E-state index in [1.807, 2.05) is 0 Å². The molecule has 0 radical (unpaired) electrons. The molecule has 116 valence electrons. The lowest BCUT2D eigenvalue weighted by molar-refractivity contribution is -0.140. The highest BCUT2D eigenvalue weighted by molar-refractivity contribution is 7.89. The molecule has 0 aromatic heterocycles. The molecule has 2 aromatic rings. The monoisotopic (exact) mass is 339 g/mol. The number of nitrogens with zero attached hydrogens (tertiary/aromatic N) is 1. The van der Waals surface area contributed by atoms with Crippen molar-refractivity contribution in [1.29, 1.82) is 0 Å². The first-order valence-corrected chi connectivity index (χ1v) is 8.66. The molecule has 0 spiro atoms. The molecule has 1 aliphatic heterocycles. The van der Waals surface area contributed by atoms with Crippen LogP contribution in [-0.2, 0) is 14.8 Å². The Morgan fingerprint density at radius 2 is 1.86 bits per heavy atom. The maximum atomic E-state index is 12.9. The fourth-order valence-electron chi connectivity index (χ4n) is 2.86. The number of aliphatic carboxylic acids is 1. The van der Waals surface area contributed by atoms with Crippen LogP contribution in [0.3, 0.4) is 0 Å². The summed E-state index contributed by atoms with van der Waals surface area (Å²) < 4.78 is 26.9. The van der Waals surface area contributed by atoms with Crippen molar-refractivity contribution in [2.45, 2.75) is 23.8 Å². The third kappa shape index (κ3) is 2.37. The summed E-state index contributed by atoms with van der Waals surface area (Å²) in [5.74, 6) is -1.11. The minimum absolute atomic E-state index is 0.0978. The quantitative estimate of drug-likeness (QED) is 0.933. The molecule has 1 N–H and O–H groups in total. The number of carboxylic acid groups (broad SMARTS) is 1. The summed E-state index contributed by atoms with van der Waals surface area (Å²) in [4.78, 5) is 11.4. The number of hydrogen-bond acceptors (Lipinski definition) is 3. The van der Waals surface area contributed by atoms with Crippen LogP contribution in [0.25, 0.3) is 10.8 Å². The highest BCUT2D eigenvalue weighted by Gasteiger charge is 2.40. The molecule has 1 saturated heterocycles. The van der Waals surface area contributed by atoms with Crippen molar-refractivity contribution in [3.8, 4) is 0 Å². The minimum Gasteiger partial charge on any atom is -0.480 e. The first-order valence-electron chi connectivity index (χ1n) is 6.85. The molecule has 1 heterocycles. The lowest BCUT2D eigenvalue weighted by atomic mass is 10.1. The van der Waals surface area contributed by atoms with Crippen molar-refractivity contribution in [2.75, 3.05) is 6.54 Å². The first kappa shape index (κ1) is 15.3. The number of fused-ring (bicyclic) bond motifs is 1. The van der Waals surface area contributed by atoms with E-state index in [9.17, 15) is 18.3 Å². The smallest absolute Gasteiger partial charge is 0.322 e. The van der Waals surface area contributed by atoms with Gasteiger partial charge in [-0.05, 0) is 25.0 Å². The highest BCUT2D eigenvalue weighted by atomic mass is 35.5. The summed E-state index contributed by atoms with van der Waals surface area (Å²) in [5, 5.41) is 10.8. The van der Waals surface area contributed by atoms with Crippen LogP contribution in [0.15, 0.2) is 41.3 Å². The second-order valence-electron chi connectivity index (χ2n) is 5.20. The van der Waals surface area contributed by atoms with Gasteiger partial charge in [0.1, 0.15) is 6.04 Å². The standard InChI is InChI=1S/C15H14ClNO4S/c16-12-7-8-14(11-5-2-1-4-10(11)12)22(20,21)17-9-3-6-13(17)15(18)19/h1-2,4-5,7-8,13H,3,6,9H2,(H,18,19)/t13-/m1/s1. The lowest BCUT2D eigenvalue weighted by Crippen LogP contribution is -2.40. The molecule has 0 saturated carbocycles. The number of halogens is 1. The van der Waals surface area contributed by atoms with Crippen LogP contribution in [0.2, 0.25) is 5.02 Å². The zero-order chi connectivity index (χ0) is 15.9. The van der Waals surface area contributed by atoms with Gasteiger partial charge in [-0.15, -0.1) is 0 Å². The van der Waals surface area contributed by atoms with Crippen molar-refractivity contribution >= 4 is 38.4 Å². The Kier molecular flexibility index (Phi) is 3.84. The Morgan fingerprint density at radius 1 is 1.18 bits per heavy atom. The van der Waals surface area contributed by atoms with E-state index in [1.54, 1.807) is 24.3 Å². The molecule has 1 aliphatic rings. The minimum atomic E-state index is -3.88. The summed E-state index contributed by atoms with van der Waals surface area (Å²) in [6.45, 7) is 0.219. The first-order chi connectivity index (χ1) is 10.4. The summed E-state index contributed by atoms with van der Waals surface area (Å²) in [5.41, 5.74) is 0. The van der Waals surface area contributed by atoms with Gasteiger partial charge in [-0.25, -0.2) is 8.42 Å². The zero-order valence-electron chi connectivity index (χ0n) is 11.6. The van der Waals surface area contributed by atoms with Gasteiger partial charge in [-0.1, -0.05) is 35.9 Å². The number of sulfonamides is 1. The van der Waals surface area contributed by atoms with Crippen LogP contribution in [0.1, 0.15) is 12.8 Å². The van der Waals surface area contributed by atoms with Crippen molar-refractivity contribution in [3.63, 3.8) is 0 Å². The van der Waals surface area contributed by atoms with Crippen LogP contribution in [0.5, 0.6) is 0 Å². The SMILES string of the molecule is O=C(O)[C@H]1CCCN1S(=O)(=O)c1ccc(Cl)c2ccccc12. The number of benzene rings is 2. The van der Waals surface area contributed by atoms with Crippen LogP contribution in [-0.4, -0.2) is 36.4 Å². The molecule has 2 aromatic carbocycles. The second kappa shape index (κ2) is 5.53. The molecule has 0 aliphatic carbocycles. The zero-order valence-corrected chi connectivity index (χ0v) is 13.1. The van der Waals surface area contributed by atoms with E-state index in [1.165, 1.54) is 12.1 Å². The fourth-order valence-corrected chi connectivity index (χ4v) is 4.94. The van der Waals surface area contributed by atoms with Gasteiger partial charge in [0.15, 0.2) is 0 Å². The highest BCUT2D eigenvalue weighted by Crippen LogP contribution is 2.33.